The molecule has 0 amide bonds. The quantitative estimate of drug-likeness (QED) is 0.377. The second-order valence-electron chi connectivity index (χ2n) is 8.19. The Bertz CT molecular complexity index is 1310. The molecule has 32 heavy (non-hydrogen) atoms. The van der Waals surface area contributed by atoms with E-state index >= 15 is 0 Å². The lowest BCUT2D eigenvalue weighted by Crippen LogP contribution is -2.21. The van der Waals surface area contributed by atoms with Crippen LogP contribution in [-0.4, -0.2) is 26.5 Å². The van der Waals surface area contributed by atoms with Crippen molar-refractivity contribution in [3.05, 3.63) is 82.3 Å². The Labute approximate surface area is 190 Å². The van der Waals surface area contributed by atoms with Crippen LogP contribution in [0.25, 0.3) is 22.3 Å². The summed E-state index contributed by atoms with van der Waals surface area (Å²) in [6.45, 7) is 4.49. The number of fused-ring (bicyclic) bond motifs is 1. The molecule has 1 fully saturated rings. The third-order valence-electron chi connectivity index (χ3n) is 5.84. The first kappa shape index (κ1) is 20.9. The van der Waals surface area contributed by atoms with E-state index in [1.165, 1.54) is 6.07 Å². The normalized spacial score (nSPS) is 18.8. The fourth-order valence-corrected chi connectivity index (χ4v) is 4.38. The van der Waals surface area contributed by atoms with Crippen LogP contribution < -0.4 is 0 Å². The molecule has 0 radical (unpaired) electrons. The summed E-state index contributed by atoms with van der Waals surface area (Å²) in [4.78, 5) is 18.6. The molecule has 4 heterocycles. The van der Waals surface area contributed by atoms with E-state index in [2.05, 4.69) is 9.97 Å². The molecule has 0 bridgehead atoms. The van der Waals surface area contributed by atoms with Crippen LogP contribution in [0.2, 0.25) is 5.02 Å². The van der Waals surface area contributed by atoms with Crippen LogP contribution in [0.1, 0.15) is 47.6 Å². The molecule has 4 aromatic rings. The number of halogens is 2. The maximum Gasteiger partial charge on any atom is 0.163 e. The molecule has 162 valence electrons. The molecule has 0 saturated carbocycles. The molecule has 1 aliphatic rings. The Hall–Kier alpha value is -2.96. The van der Waals surface area contributed by atoms with E-state index in [9.17, 15) is 4.39 Å². The highest BCUT2D eigenvalue weighted by molar-refractivity contribution is 6.30. The van der Waals surface area contributed by atoms with Crippen molar-refractivity contribution in [2.24, 2.45) is 0 Å². The number of rotatable bonds is 3. The lowest BCUT2D eigenvalue weighted by Gasteiger charge is -2.29. The van der Waals surface area contributed by atoms with Crippen molar-refractivity contribution in [3.8, 4) is 11.3 Å². The van der Waals surface area contributed by atoms with Gasteiger partial charge in [-0.05, 0) is 74.7 Å². The predicted octanol–water partition coefficient (Wildman–Crippen LogP) is 6.13. The van der Waals surface area contributed by atoms with Crippen LogP contribution >= 0.6 is 11.6 Å². The number of aryl methyl sites for hydroxylation is 2. The van der Waals surface area contributed by atoms with Crippen LogP contribution in [0.3, 0.4) is 0 Å². The van der Waals surface area contributed by atoms with Gasteiger partial charge < -0.3 is 4.74 Å². The second kappa shape index (κ2) is 8.52. The highest BCUT2D eigenvalue weighted by Gasteiger charge is 2.28. The maximum atomic E-state index is 14.8. The molecule has 0 N–H and O–H groups in total. The minimum absolute atomic E-state index is 0.0593. The van der Waals surface area contributed by atoms with Crippen LogP contribution in [-0.2, 0) is 4.74 Å². The highest BCUT2D eigenvalue weighted by atomic mass is 35.5. The molecule has 1 aliphatic heterocycles. The zero-order valence-corrected chi connectivity index (χ0v) is 18.6. The van der Waals surface area contributed by atoms with Crippen molar-refractivity contribution in [2.45, 2.75) is 38.7 Å². The van der Waals surface area contributed by atoms with Crippen molar-refractivity contribution in [1.29, 1.82) is 0 Å². The Balaban J connectivity index is 1.59. The number of hydrogen-bond donors (Lipinski definition) is 0. The molecule has 5 nitrogen and oxygen atoms in total. The van der Waals surface area contributed by atoms with E-state index < -0.39 is 5.82 Å². The Morgan fingerprint density at radius 3 is 2.69 bits per heavy atom. The van der Waals surface area contributed by atoms with Crippen LogP contribution in [0.5, 0.6) is 0 Å². The van der Waals surface area contributed by atoms with Crippen molar-refractivity contribution < 1.29 is 9.13 Å². The second-order valence-corrected chi connectivity index (χ2v) is 8.63. The minimum atomic E-state index is -0.416. The third kappa shape index (κ3) is 4.08. The SMILES string of the molecule is Cc1cc([C@@H]2C[C@@H](c3nc(-c4ccc(Cl)cc4F)c4ccc(C)nc4n3)CCO2)ccn1. The number of ether oxygens (including phenoxy) is 1. The fraction of sp³-hybridized carbons (Fsp3) is 0.280. The lowest BCUT2D eigenvalue weighted by atomic mass is 9.91. The summed E-state index contributed by atoms with van der Waals surface area (Å²) in [6, 6.07) is 12.5. The zero-order chi connectivity index (χ0) is 22.2. The first-order valence-electron chi connectivity index (χ1n) is 10.6. The average molecular weight is 449 g/mol. The Morgan fingerprint density at radius 1 is 1.00 bits per heavy atom. The minimum Gasteiger partial charge on any atom is -0.373 e. The summed E-state index contributed by atoms with van der Waals surface area (Å²) >= 11 is 5.98. The average Bonchev–Trinajstić information content (AvgIpc) is 2.78. The molecule has 1 saturated heterocycles. The number of hydrogen-bond acceptors (Lipinski definition) is 5. The monoisotopic (exact) mass is 448 g/mol. The van der Waals surface area contributed by atoms with Gasteiger partial charge in [-0.1, -0.05) is 11.6 Å². The first-order chi connectivity index (χ1) is 15.5. The molecule has 7 heteroatoms. The van der Waals surface area contributed by atoms with Crippen LogP contribution in [0, 0.1) is 19.7 Å². The molecular weight excluding hydrogens is 427 g/mol. The van der Waals surface area contributed by atoms with Gasteiger partial charge in [-0.2, -0.15) is 0 Å². The van der Waals surface area contributed by atoms with E-state index in [-0.39, 0.29) is 12.0 Å². The topological polar surface area (TPSA) is 60.8 Å². The van der Waals surface area contributed by atoms with Crippen molar-refractivity contribution in [2.75, 3.05) is 6.61 Å². The van der Waals surface area contributed by atoms with Gasteiger partial charge >= 0.3 is 0 Å². The van der Waals surface area contributed by atoms with E-state index in [0.29, 0.717) is 39.7 Å². The van der Waals surface area contributed by atoms with Gasteiger partial charge in [-0.25, -0.2) is 19.3 Å². The van der Waals surface area contributed by atoms with Gasteiger partial charge in [0.2, 0.25) is 0 Å². The summed E-state index contributed by atoms with van der Waals surface area (Å²) < 4.78 is 20.9. The predicted molar refractivity (Wildman–Crippen MR) is 122 cm³/mol. The maximum absolute atomic E-state index is 14.8. The van der Waals surface area contributed by atoms with Crippen molar-refractivity contribution >= 4 is 22.6 Å². The van der Waals surface area contributed by atoms with E-state index in [1.54, 1.807) is 18.3 Å². The molecule has 0 spiro atoms. The lowest BCUT2D eigenvalue weighted by molar-refractivity contribution is 0.00393. The fourth-order valence-electron chi connectivity index (χ4n) is 4.22. The van der Waals surface area contributed by atoms with Gasteiger partial charge in [0.15, 0.2) is 5.65 Å². The number of pyridine rings is 2. The standard InChI is InChI=1S/C25H22ClFN4O/c1-14-3-5-20-23(19-6-4-18(26)13-21(19)27)30-24(31-25(20)29-14)17-8-10-32-22(12-17)16-7-9-28-15(2)11-16/h3-7,9,11,13,17,22H,8,10,12H2,1-2H3/t17-,22-/m0/s1. The summed E-state index contributed by atoms with van der Waals surface area (Å²) in [5.41, 5.74) is 4.40. The number of benzene rings is 1. The van der Waals surface area contributed by atoms with Gasteiger partial charge in [-0.15, -0.1) is 0 Å². The van der Waals surface area contributed by atoms with E-state index in [1.807, 2.05) is 38.1 Å². The van der Waals surface area contributed by atoms with Crippen LogP contribution in [0.15, 0.2) is 48.7 Å². The molecule has 2 atom stereocenters. The Morgan fingerprint density at radius 2 is 1.88 bits per heavy atom. The van der Waals surface area contributed by atoms with Gasteiger partial charge in [0.1, 0.15) is 11.6 Å². The van der Waals surface area contributed by atoms with Crippen molar-refractivity contribution in [1.82, 2.24) is 19.9 Å². The van der Waals surface area contributed by atoms with Gasteiger partial charge in [0.25, 0.3) is 0 Å². The molecule has 1 aromatic carbocycles. The first-order valence-corrected chi connectivity index (χ1v) is 11.0. The number of aromatic nitrogens is 4. The smallest absolute Gasteiger partial charge is 0.163 e. The molecular formula is C25H22ClFN4O. The summed E-state index contributed by atoms with van der Waals surface area (Å²) in [5, 5.41) is 1.06. The summed E-state index contributed by atoms with van der Waals surface area (Å²) in [7, 11) is 0. The zero-order valence-electron chi connectivity index (χ0n) is 17.8. The van der Waals surface area contributed by atoms with Gasteiger partial charge in [0.05, 0.1) is 11.8 Å². The summed E-state index contributed by atoms with van der Waals surface area (Å²) in [5.74, 6) is 0.322. The summed E-state index contributed by atoms with van der Waals surface area (Å²) in [6.07, 6.45) is 3.28. The van der Waals surface area contributed by atoms with E-state index in [4.69, 9.17) is 26.3 Å². The van der Waals surface area contributed by atoms with Crippen LogP contribution in [0.4, 0.5) is 4.39 Å². The molecule has 5 rings (SSSR count). The van der Waals surface area contributed by atoms with Crippen molar-refractivity contribution in [3.63, 3.8) is 0 Å². The molecule has 3 aromatic heterocycles. The van der Waals surface area contributed by atoms with E-state index in [0.717, 1.165) is 29.8 Å². The largest absolute Gasteiger partial charge is 0.373 e. The highest BCUT2D eigenvalue weighted by Crippen LogP contribution is 2.38. The van der Waals surface area contributed by atoms with Gasteiger partial charge in [0, 0.05) is 46.1 Å². The number of nitrogens with zero attached hydrogens (tertiary/aromatic N) is 4. The molecule has 0 aliphatic carbocycles. The Kier molecular flexibility index (Phi) is 5.57. The third-order valence-corrected chi connectivity index (χ3v) is 6.08. The molecule has 0 unspecified atom stereocenters. The van der Waals surface area contributed by atoms with Gasteiger partial charge in [-0.3, -0.25) is 4.98 Å².